The Morgan fingerprint density at radius 1 is 1.10 bits per heavy atom. The monoisotopic (exact) mass is 283 g/mol. The fourth-order valence-electron chi connectivity index (χ4n) is 2.55. The van der Waals surface area contributed by atoms with Gasteiger partial charge in [0, 0.05) is 19.5 Å². The summed E-state index contributed by atoms with van der Waals surface area (Å²) < 4.78 is 0. The fraction of sp³-hybridized carbons (Fsp3) is 0.867. The lowest BCUT2D eigenvalue weighted by Crippen LogP contribution is -2.48. The van der Waals surface area contributed by atoms with E-state index in [1.54, 1.807) is 6.92 Å². The van der Waals surface area contributed by atoms with Crippen LogP contribution in [0.15, 0.2) is 0 Å². The van der Waals surface area contributed by atoms with Crippen LogP contribution >= 0.6 is 0 Å². The van der Waals surface area contributed by atoms with Gasteiger partial charge in [-0.05, 0) is 45.6 Å². The Morgan fingerprint density at radius 3 is 2.40 bits per heavy atom. The second-order valence-electron chi connectivity index (χ2n) is 5.63. The van der Waals surface area contributed by atoms with Gasteiger partial charge < -0.3 is 16.0 Å². The Bertz CT molecular complexity index is 301. The zero-order valence-electron chi connectivity index (χ0n) is 12.7. The molecule has 5 heteroatoms. The zero-order chi connectivity index (χ0) is 14.8. The van der Waals surface area contributed by atoms with Crippen LogP contribution in [-0.4, -0.2) is 42.4 Å². The molecule has 2 amide bonds. The molecule has 1 rings (SSSR count). The minimum atomic E-state index is -0.398. The second-order valence-corrected chi connectivity index (χ2v) is 5.63. The number of hydrogen-bond donors (Lipinski definition) is 2. The molecule has 1 aliphatic heterocycles. The summed E-state index contributed by atoms with van der Waals surface area (Å²) in [6.07, 6.45) is 7.85. The molecule has 3 N–H and O–H groups in total. The van der Waals surface area contributed by atoms with Gasteiger partial charge in [0.1, 0.15) is 6.04 Å². The largest absolute Gasteiger partial charge is 0.345 e. The summed E-state index contributed by atoms with van der Waals surface area (Å²) in [6, 6.07) is -0.398. The van der Waals surface area contributed by atoms with Crippen LogP contribution < -0.4 is 11.1 Å². The Kier molecular flexibility index (Phi) is 8.26. The molecular formula is C15H29N3O2. The standard InChI is InChI=1S/C15H29N3O2/c1-13(15(20)18-11-7-4-8-12-18)17-14(19)9-5-2-3-6-10-16/h13H,2-12,16H2,1H3,(H,17,19). The molecule has 116 valence electrons. The number of rotatable bonds is 8. The van der Waals surface area contributed by atoms with Crippen molar-refractivity contribution in [2.75, 3.05) is 19.6 Å². The Hall–Kier alpha value is -1.10. The zero-order valence-corrected chi connectivity index (χ0v) is 12.7. The number of carbonyl (C=O) groups excluding carboxylic acids is 2. The van der Waals surface area contributed by atoms with Gasteiger partial charge in [-0.15, -0.1) is 0 Å². The summed E-state index contributed by atoms with van der Waals surface area (Å²) in [5.74, 6) is 0.0387. The van der Waals surface area contributed by atoms with Gasteiger partial charge in [0.2, 0.25) is 11.8 Å². The third-order valence-electron chi connectivity index (χ3n) is 3.77. The SMILES string of the molecule is CC(NC(=O)CCCCCCN)C(=O)N1CCCCC1. The van der Waals surface area contributed by atoms with E-state index in [1.807, 2.05) is 4.90 Å². The van der Waals surface area contributed by atoms with E-state index < -0.39 is 6.04 Å². The molecule has 1 unspecified atom stereocenters. The van der Waals surface area contributed by atoms with Crippen LogP contribution in [0.1, 0.15) is 58.3 Å². The molecule has 1 saturated heterocycles. The third kappa shape index (κ3) is 6.37. The fourth-order valence-corrected chi connectivity index (χ4v) is 2.55. The van der Waals surface area contributed by atoms with Gasteiger partial charge in [0.15, 0.2) is 0 Å². The van der Waals surface area contributed by atoms with Gasteiger partial charge in [-0.3, -0.25) is 9.59 Å². The van der Waals surface area contributed by atoms with Gasteiger partial charge in [-0.2, -0.15) is 0 Å². The number of carbonyl (C=O) groups is 2. The molecule has 20 heavy (non-hydrogen) atoms. The molecule has 1 atom stereocenters. The highest BCUT2D eigenvalue weighted by molar-refractivity contribution is 5.87. The molecule has 0 spiro atoms. The summed E-state index contributed by atoms with van der Waals surface area (Å²) in [4.78, 5) is 25.8. The van der Waals surface area contributed by atoms with Crippen molar-refractivity contribution in [2.24, 2.45) is 5.73 Å². The first-order valence-electron chi connectivity index (χ1n) is 7.93. The van der Waals surface area contributed by atoms with Crippen LogP contribution in [0.2, 0.25) is 0 Å². The minimum Gasteiger partial charge on any atom is -0.345 e. The molecule has 0 aromatic heterocycles. The lowest BCUT2D eigenvalue weighted by atomic mass is 10.1. The van der Waals surface area contributed by atoms with Gasteiger partial charge in [-0.1, -0.05) is 12.8 Å². The van der Waals surface area contributed by atoms with Gasteiger partial charge >= 0.3 is 0 Å². The molecular weight excluding hydrogens is 254 g/mol. The Labute approximate surface area is 122 Å². The van der Waals surface area contributed by atoms with Gasteiger partial charge in [0.05, 0.1) is 0 Å². The summed E-state index contributed by atoms with van der Waals surface area (Å²) in [5, 5.41) is 2.81. The van der Waals surface area contributed by atoms with E-state index in [0.717, 1.165) is 51.6 Å². The van der Waals surface area contributed by atoms with E-state index in [0.29, 0.717) is 13.0 Å². The number of unbranched alkanes of at least 4 members (excludes halogenated alkanes) is 3. The smallest absolute Gasteiger partial charge is 0.244 e. The van der Waals surface area contributed by atoms with Crippen LogP contribution in [0.5, 0.6) is 0 Å². The molecule has 0 saturated carbocycles. The molecule has 0 aromatic carbocycles. The molecule has 1 fully saturated rings. The van der Waals surface area contributed by atoms with Crippen molar-refractivity contribution in [2.45, 2.75) is 64.3 Å². The Morgan fingerprint density at radius 2 is 1.75 bits per heavy atom. The van der Waals surface area contributed by atoms with Crippen molar-refractivity contribution in [1.29, 1.82) is 0 Å². The average molecular weight is 283 g/mol. The first-order valence-corrected chi connectivity index (χ1v) is 7.93. The Balaban J connectivity index is 2.17. The van der Waals surface area contributed by atoms with E-state index in [4.69, 9.17) is 5.73 Å². The molecule has 5 nitrogen and oxygen atoms in total. The molecule has 0 aliphatic carbocycles. The number of likely N-dealkylation sites (tertiary alicyclic amines) is 1. The van der Waals surface area contributed by atoms with Crippen molar-refractivity contribution >= 4 is 11.8 Å². The van der Waals surface area contributed by atoms with E-state index in [1.165, 1.54) is 6.42 Å². The number of nitrogens with two attached hydrogens (primary N) is 1. The topological polar surface area (TPSA) is 75.4 Å². The summed E-state index contributed by atoms with van der Waals surface area (Å²) >= 11 is 0. The summed E-state index contributed by atoms with van der Waals surface area (Å²) in [6.45, 7) is 4.16. The van der Waals surface area contributed by atoms with Crippen LogP contribution in [-0.2, 0) is 9.59 Å². The second kappa shape index (κ2) is 9.75. The van der Waals surface area contributed by atoms with Gasteiger partial charge in [0.25, 0.3) is 0 Å². The molecule has 0 aromatic rings. The number of hydrogen-bond acceptors (Lipinski definition) is 3. The lowest BCUT2D eigenvalue weighted by Gasteiger charge is -2.29. The first-order chi connectivity index (χ1) is 9.65. The third-order valence-corrected chi connectivity index (χ3v) is 3.77. The predicted octanol–water partition coefficient (Wildman–Crippen LogP) is 1.41. The van der Waals surface area contributed by atoms with E-state index in [2.05, 4.69) is 5.32 Å². The van der Waals surface area contributed by atoms with Gasteiger partial charge in [-0.25, -0.2) is 0 Å². The van der Waals surface area contributed by atoms with E-state index >= 15 is 0 Å². The number of amides is 2. The molecule has 1 aliphatic rings. The lowest BCUT2D eigenvalue weighted by molar-refractivity contribution is -0.136. The summed E-state index contributed by atoms with van der Waals surface area (Å²) in [7, 11) is 0. The normalized spacial score (nSPS) is 16.8. The number of nitrogens with one attached hydrogen (secondary N) is 1. The molecule has 1 heterocycles. The first kappa shape index (κ1) is 17.0. The van der Waals surface area contributed by atoms with Crippen molar-refractivity contribution in [3.63, 3.8) is 0 Å². The van der Waals surface area contributed by atoms with Crippen LogP contribution in [0, 0.1) is 0 Å². The van der Waals surface area contributed by atoms with Crippen LogP contribution in [0.4, 0.5) is 0 Å². The van der Waals surface area contributed by atoms with Crippen molar-refractivity contribution in [3.05, 3.63) is 0 Å². The number of piperidine rings is 1. The molecule has 0 bridgehead atoms. The highest BCUT2D eigenvalue weighted by Gasteiger charge is 2.22. The maximum absolute atomic E-state index is 12.1. The van der Waals surface area contributed by atoms with Crippen molar-refractivity contribution in [1.82, 2.24) is 10.2 Å². The van der Waals surface area contributed by atoms with Crippen LogP contribution in [0.25, 0.3) is 0 Å². The van der Waals surface area contributed by atoms with E-state index in [-0.39, 0.29) is 11.8 Å². The maximum atomic E-state index is 12.1. The van der Waals surface area contributed by atoms with Crippen LogP contribution in [0.3, 0.4) is 0 Å². The summed E-state index contributed by atoms with van der Waals surface area (Å²) in [5.41, 5.74) is 5.42. The maximum Gasteiger partial charge on any atom is 0.244 e. The van der Waals surface area contributed by atoms with Crippen molar-refractivity contribution < 1.29 is 9.59 Å². The van der Waals surface area contributed by atoms with E-state index in [9.17, 15) is 9.59 Å². The quantitative estimate of drug-likeness (QED) is 0.661. The highest BCUT2D eigenvalue weighted by atomic mass is 16.2. The average Bonchev–Trinajstić information content (AvgIpc) is 2.47. The number of nitrogens with zero attached hydrogens (tertiary/aromatic N) is 1. The van der Waals surface area contributed by atoms with Crippen molar-refractivity contribution in [3.8, 4) is 0 Å². The highest BCUT2D eigenvalue weighted by Crippen LogP contribution is 2.10. The molecule has 0 radical (unpaired) electrons. The predicted molar refractivity (Wildman–Crippen MR) is 80.2 cm³/mol. The minimum absolute atomic E-state index is 0.0180.